The van der Waals surface area contributed by atoms with Gasteiger partial charge in [0.05, 0.1) is 17.2 Å². The van der Waals surface area contributed by atoms with Crippen molar-refractivity contribution < 1.29 is 22.7 Å². The van der Waals surface area contributed by atoms with Crippen LogP contribution in [0.5, 0.6) is 11.5 Å². The molecule has 3 heterocycles. The number of carbonyl (C=O) groups excluding carboxylic acids is 1. The van der Waals surface area contributed by atoms with Crippen LogP contribution in [0, 0.1) is 0 Å². The first-order valence-electron chi connectivity index (χ1n) is 8.71. The molecule has 0 saturated heterocycles. The Morgan fingerprint density at radius 2 is 1.93 bits per heavy atom. The third-order valence-corrected chi connectivity index (χ3v) is 6.01. The van der Waals surface area contributed by atoms with Gasteiger partial charge in [0.2, 0.25) is 5.91 Å². The average Bonchev–Trinajstić information content (AvgIpc) is 3.13. The number of nitrogens with one attached hydrogen (secondary N) is 1. The van der Waals surface area contributed by atoms with Crippen LogP contribution in [-0.4, -0.2) is 47.9 Å². The number of hydrogen-bond acceptors (Lipinski definition) is 7. The molecule has 28 heavy (non-hydrogen) atoms. The molecule has 3 aromatic rings. The highest BCUT2D eigenvalue weighted by Crippen LogP contribution is 2.32. The van der Waals surface area contributed by atoms with Crippen molar-refractivity contribution in [1.29, 1.82) is 0 Å². The molecule has 1 aromatic carbocycles. The van der Waals surface area contributed by atoms with Gasteiger partial charge in [0.15, 0.2) is 32.8 Å². The van der Waals surface area contributed by atoms with Crippen molar-refractivity contribution in [2.75, 3.05) is 19.0 Å². The van der Waals surface area contributed by atoms with Crippen molar-refractivity contribution in [3.8, 4) is 11.5 Å². The maximum absolute atomic E-state index is 12.5. The van der Waals surface area contributed by atoms with Gasteiger partial charge in [-0.3, -0.25) is 9.20 Å². The van der Waals surface area contributed by atoms with Crippen LogP contribution < -0.4 is 14.8 Å². The molecule has 0 saturated carbocycles. The first kappa shape index (κ1) is 18.2. The Bertz CT molecular complexity index is 1130. The molecular formula is C18H18N4O5S. The Balaban J connectivity index is 1.36. The van der Waals surface area contributed by atoms with Gasteiger partial charge < -0.3 is 14.8 Å². The van der Waals surface area contributed by atoms with Crippen molar-refractivity contribution in [2.45, 2.75) is 17.9 Å². The number of amides is 1. The minimum atomic E-state index is -3.63. The molecule has 4 rings (SSSR count). The number of hydrogen-bond donors (Lipinski definition) is 1. The number of sulfone groups is 1. The Morgan fingerprint density at radius 1 is 1.11 bits per heavy atom. The highest BCUT2D eigenvalue weighted by Gasteiger charge is 2.20. The zero-order chi connectivity index (χ0) is 19.6. The fraction of sp³-hybridized carbons (Fsp3) is 0.278. The van der Waals surface area contributed by atoms with E-state index < -0.39 is 9.84 Å². The SMILES string of the molecule is O=C(CCS(=O)(=O)c1ccc2c(c1)OCCO2)NCc1nnc2ccccn12. The summed E-state index contributed by atoms with van der Waals surface area (Å²) in [6.07, 6.45) is 1.64. The average molecular weight is 402 g/mol. The Morgan fingerprint density at radius 3 is 2.79 bits per heavy atom. The van der Waals surface area contributed by atoms with E-state index in [-0.39, 0.29) is 29.5 Å². The quantitative estimate of drug-likeness (QED) is 0.654. The normalized spacial score (nSPS) is 13.4. The molecule has 0 radical (unpaired) electrons. The molecule has 146 valence electrons. The number of benzene rings is 1. The van der Waals surface area contributed by atoms with Crippen LogP contribution in [0.4, 0.5) is 0 Å². The summed E-state index contributed by atoms with van der Waals surface area (Å²) in [5, 5.41) is 10.7. The van der Waals surface area contributed by atoms with Crippen molar-refractivity contribution in [3.05, 3.63) is 48.4 Å². The number of aromatic nitrogens is 3. The molecule has 0 bridgehead atoms. The summed E-state index contributed by atoms with van der Waals surface area (Å²) in [4.78, 5) is 12.2. The maximum atomic E-state index is 12.5. The lowest BCUT2D eigenvalue weighted by Crippen LogP contribution is -2.26. The van der Waals surface area contributed by atoms with Crippen LogP contribution in [-0.2, 0) is 21.2 Å². The van der Waals surface area contributed by atoms with Crippen molar-refractivity contribution in [3.63, 3.8) is 0 Å². The number of pyridine rings is 1. The van der Waals surface area contributed by atoms with Crippen LogP contribution in [0.25, 0.3) is 5.65 Å². The summed E-state index contributed by atoms with van der Waals surface area (Å²) in [6, 6.07) is 9.94. The highest BCUT2D eigenvalue weighted by atomic mass is 32.2. The van der Waals surface area contributed by atoms with Gasteiger partial charge in [0.25, 0.3) is 0 Å². The lowest BCUT2D eigenvalue weighted by atomic mass is 10.3. The van der Waals surface area contributed by atoms with Crippen LogP contribution in [0.1, 0.15) is 12.2 Å². The van der Waals surface area contributed by atoms with Gasteiger partial charge in [-0.25, -0.2) is 8.42 Å². The second-order valence-corrected chi connectivity index (χ2v) is 8.31. The summed E-state index contributed by atoms with van der Waals surface area (Å²) < 4.78 is 37.6. The monoisotopic (exact) mass is 402 g/mol. The molecule has 1 aliphatic heterocycles. The minimum absolute atomic E-state index is 0.105. The third kappa shape index (κ3) is 3.77. The van der Waals surface area contributed by atoms with Crippen LogP contribution in [0.15, 0.2) is 47.5 Å². The van der Waals surface area contributed by atoms with E-state index in [2.05, 4.69) is 15.5 Å². The highest BCUT2D eigenvalue weighted by molar-refractivity contribution is 7.91. The van der Waals surface area contributed by atoms with Gasteiger partial charge in [0.1, 0.15) is 13.2 Å². The first-order valence-corrected chi connectivity index (χ1v) is 10.4. The molecule has 0 fully saturated rings. The number of nitrogens with zero attached hydrogens (tertiary/aromatic N) is 3. The third-order valence-electron chi connectivity index (χ3n) is 4.30. The van der Waals surface area contributed by atoms with E-state index in [0.717, 1.165) is 0 Å². The summed E-state index contributed by atoms with van der Waals surface area (Å²) in [5.41, 5.74) is 0.674. The smallest absolute Gasteiger partial charge is 0.221 e. The van der Waals surface area contributed by atoms with Crippen LogP contribution in [0.2, 0.25) is 0 Å². The Labute approximate surface area is 161 Å². The first-order chi connectivity index (χ1) is 13.5. The largest absolute Gasteiger partial charge is 0.486 e. The number of ether oxygens (including phenoxy) is 2. The van der Waals surface area contributed by atoms with Crippen molar-refractivity contribution in [2.24, 2.45) is 0 Å². The summed E-state index contributed by atoms with van der Waals surface area (Å²) in [6.45, 7) is 0.963. The molecule has 0 atom stereocenters. The van der Waals surface area contributed by atoms with E-state index >= 15 is 0 Å². The Hall–Kier alpha value is -3.14. The second-order valence-electron chi connectivity index (χ2n) is 6.20. The maximum Gasteiger partial charge on any atom is 0.221 e. The van der Waals surface area contributed by atoms with E-state index in [0.29, 0.717) is 36.2 Å². The van der Waals surface area contributed by atoms with E-state index in [1.54, 1.807) is 22.7 Å². The topological polar surface area (TPSA) is 112 Å². The van der Waals surface area contributed by atoms with Gasteiger partial charge in [0, 0.05) is 18.7 Å². The molecule has 9 nitrogen and oxygen atoms in total. The fourth-order valence-electron chi connectivity index (χ4n) is 2.84. The summed E-state index contributed by atoms with van der Waals surface area (Å²) in [5.74, 6) is 0.797. The lowest BCUT2D eigenvalue weighted by molar-refractivity contribution is -0.120. The molecule has 0 aliphatic carbocycles. The standard InChI is InChI=1S/C18H18N4O5S/c23-18(19-12-17-21-20-16-3-1-2-7-22(16)17)6-10-28(24,25)13-4-5-14-15(11-13)27-9-8-26-14/h1-5,7,11H,6,8-10,12H2,(H,19,23). The predicted octanol–water partition coefficient (Wildman–Crippen LogP) is 0.981. The molecule has 0 unspecified atom stereocenters. The van der Waals surface area contributed by atoms with Crippen molar-refractivity contribution >= 4 is 21.4 Å². The Kier molecular flexibility index (Phi) is 4.86. The predicted molar refractivity (Wildman–Crippen MR) is 98.9 cm³/mol. The lowest BCUT2D eigenvalue weighted by Gasteiger charge is -2.18. The van der Waals surface area contributed by atoms with Crippen molar-refractivity contribution in [1.82, 2.24) is 19.9 Å². The zero-order valence-electron chi connectivity index (χ0n) is 14.9. The molecule has 2 aromatic heterocycles. The van der Waals surface area contributed by atoms with Gasteiger partial charge in [-0.2, -0.15) is 0 Å². The van der Waals surface area contributed by atoms with E-state index in [9.17, 15) is 13.2 Å². The van der Waals surface area contributed by atoms with Crippen LogP contribution >= 0.6 is 0 Å². The number of rotatable bonds is 6. The van der Waals surface area contributed by atoms with Gasteiger partial charge >= 0.3 is 0 Å². The van der Waals surface area contributed by atoms with Gasteiger partial charge in [-0.15, -0.1) is 10.2 Å². The molecule has 1 amide bonds. The fourth-order valence-corrected chi connectivity index (χ4v) is 4.09. The molecule has 1 N–H and O–H groups in total. The van der Waals surface area contributed by atoms with Crippen LogP contribution in [0.3, 0.4) is 0 Å². The van der Waals surface area contributed by atoms with E-state index in [4.69, 9.17) is 9.47 Å². The minimum Gasteiger partial charge on any atom is -0.486 e. The zero-order valence-corrected chi connectivity index (χ0v) is 15.7. The van der Waals surface area contributed by atoms with E-state index in [1.165, 1.54) is 12.1 Å². The van der Waals surface area contributed by atoms with Gasteiger partial charge in [-0.1, -0.05) is 6.07 Å². The molecular weight excluding hydrogens is 384 g/mol. The summed E-state index contributed by atoms with van der Waals surface area (Å²) in [7, 11) is -3.63. The second kappa shape index (κ2) is 7.47. The summed E-state index contributed by atoms with van der Waals surface area (Å²) >= 11 is 0. The van der Waals surface area contributed by atoms with E-state index in [1.807, 2.05) is 12.1 Å². The number of fused-ring (bicyclic) bond motifs is 2. The molecule has 10 heteroatoms. The molecule has 1 aliphatic rings. The number of carbonyl (C=O) groups is 1. The van der Waals surface area contributed by atoms with Gasteiger partial charge in [-0.05, 0) is 24.3 Å². The molecule has 0 spiro atoms.